The Morgan fingerprint density at radius 1 is 1.11 bits per heavy atom. The molecule has 18 heavy (non-hydrogen) atoms. The molecule has 0 unspecified atom stereocenters. The molecule has 1 saturated carbocycles. The molecular formula is C17H32O. The first kappa shape index (κ1) is 15.7. The molecule has 1 aliphatic rings. The van der Waals surface area contributed by atoms with Gasteiger partial charge in [0.15, 0.2) is 0 Å². The lowest BCUT2D eigenvalue weighted by molar-refractivity contribution is -0.124. The lowest BCUT2D eigenvalue weighted by Crippen LogP contribution is -2.21. The summed E-state index contributed by atoms with van der Waals surface area (Å²) in [7, 11) is 0. The van der Waals surface area contributed by atoms with E-state index in [1.807, 2.05) is 0 Å². The fourth-order valence-corrected chi connectivity index (χ4v) is 3.15. The van der Waals surface area contributed by atoms with Gasteiger partial charge in [-0.25, -0.2) is 0 Å². The molecule has 0 amide bonds. The van der Waals surface area contributed by atoms with Gasteiger partial charge in [0.05, 0.1) is 0 Å². The van der Waals surface area contributed by atoms with Crippen LogP contribution in [0.25, 0.3) is 0 Å². The molecule has 0 aromatic heterocycles. The molecule has 1 nitrogen and oxygen atoms in total. The molecule has 1 fully saturated rings. The number of unbranched alkanes of at least 4 members (excludes halogenated alkanes) is 1. The smallest absolute Gasteiger partial charge is 0.135 e. The Morgan fingerprint density at radius 2 is 1.78 bits per heavy atom. The Kier molecular flexibility index (Phi) is 7.62. The summed E-state index contributed by atoms with van der Waals surface area (Å²) in [6.07, 6.45) is 12.2. The fraction of sp³-hybridized carbons (Fsp3) is 0.941. The molecule has 0 atom stereocenters. The van der Waals surface area contributed by atoms with Crippen LogP contribution in [0.4, 0.5) is 0 Å². The summed E-state index contributed by atoms with van der Waals surface area (Å²) in [5, 5.41) is 0. The molecule has 1 heteroatoms. The second-order valence-electron chi connectivity index (χ2n) is 6.61. The molecule has 0 aromatic rings. The van der Waals surface area contributed by atoms with Crippen LogP contribution in [0.3, 0.4) is 0 Å². The zero-order valence-electron chi connectivity index (χ0n) is 12.7. The highest BCUT2D eigenvalue weighted by molar-refractivity contribution is 5.81. The van der Waals surface area contributed by atoms with Gasteiger partial charge < -0.3 is 0 Å². The van der Waals surface area contributed by atoms with Crippen molar-refractivity contribution in [2.45, 2.75) is 85.0 Å². The summed E-state index contributed by atoms with van der Waals surface area (Å²) in [5.41, 5.74) is 0. The van der Waals surface area contributed by atoms with Crippen LogP contribution in [0.2, 0.25) is 0 Å². The van der Waals surface area contributed by atoms with Gasteiger partial charge in [0, 0.05) is 12.3 Å². The molecule has 0 spiro atoms. The normalized spacial score (nSPS) is 24.4. The maximum atomic E-state index is 12.1. The quantitative estimate of drug-likeness (QED) is 0.567. The van der Waals surface area contributed by atoms with Crippen molar-refractivity contribution < 1.29 is 4.79 Å². The van der Waals surface area contributed by atoms with Crippen molar-refractivity contribution in [1.82, 2.24) is 0 Å². The maximum Gasteiger partial charge on any atom is 0.135 e. The molecule has 0 N–H and O–H groups in total. The zero-order chi connectivity index (χ0) is 13.4. The van der Waals surface area contributed by atoms with Crippen LogP contribution in [0, 0.1) is 17.8 Å². The number of ketones is 1. The van der Waals surface area contributed by atoms with Crippen LogP contribution in [-0.2, 0) is 4.79 Å². The molecule has 0 radical (unpaired) electrons. The van der Waals surface area contributed by atoms with E-state index in [4.69, 9.17) is 0 Å². The van der Waals surface area contributed by atoms with Gasteiger partial charge in [-0.3, -0.25) is 4.79 Å². The first-order valence-electron chi connectivity index (χ1n) is 8.16. The third kappa shape index (κ3) is 6.02. The van der Waals surface area contributed by atoms with Gasteiger partial charge in [-0.1, -0.05) is 46.5 Å². The van der Waals surface area contributed by atoms with E-state index in [1.54, 1.807) is 0 Å². The van der Waals surface area contributed by atoms with Gasteiger partial charge >= 0.3 is 0 Å². The summed E-state index contributed by atoms with van der Waals surface area (Å²) in [6.45, 7) is 6.75. The van der Waals surface area contributed by atoms with Crippen molar-refractivity contribution in [3.05, 3.63) is 0 Å². The topological polar surface area (TPSA) is 17.1 Å². The van der Waals surface area contributed by atoms with Gasteiger partial charge in [-0.15, -0.1) is 0 Å². The predicted octanol–water partition coefficient (Wildman–Crippen LogP) is 5.38. The minimum Gasteiger partial charge on any atom is -0.299 e. The third-order valence-corrected chi connectivity index (χ3v) is 4.47. The summed E-state index contributed by atoms with van der Waals surface area (Å²) >= 11 is 0. The number of rotatable bonds is 8. The first-order chi connectivity index (χ1) is 8.63. The van der Waals surface area contributed by atoms with E-state index < -0.39 is 0 Å². The monoisotopic (exact) mass is 252 g/mol. The van der Waals surface area contributed by atoms with Crippen molar-refractivity contribution in [3.63, 3.8) is 0 Å². The van der Waals surface area contributed by atoms with Gasteiger partial charge in [0.2, 0.25) is 0 Å². The molecule has 1 aliphatic carbocycles. The maximum absolute atomic E-state index is 12.1. The van der Waals surface area contributed by atoms with Crippen molar-refractivity contribution >= 4 is 5.78 Å². The summed E-state index contributed by atoms with van der Waals surface area (Å²) in [5.74, 6) is 2.63. The lowest BCUT2D eigenvalue weighted by Gasteiger charge is -2.27. The van der Waals surface area contributed by atoms with Crippen molar-refractivity contribution in [2.75, 3.05) is 0 Å². The van der Waals surface area contributed by atoms with E-state index in [9.17, 15) is 4.79 Å². The minimum atomic E-state index is 0.412. The predicted molar refractivity (Wildman–Crippen MR) is 78.7 cm³/mol. The second-order valence-corrected chi connectivity index (χ2v) is 6.61. The Hall–Kier alpha value is -0.330. The first-order valence-corrected chi connectivity index (χ1v) is 8.16. The van der Waals surface area contributed by atoms with E-state index in [2.05, 4.69) is 20.8 Å². The second kappa shape index (κ2) is 8.72. The molecule has 1 rings (SSSR count). The summed E-state index contributed by atoms with van der Waals surface area (Å²) in [4.78, 5) is 12.1. The number of carbonyl (C=O) groups is 1. The molecule has 0 aromatic carbocycles. The molecule has 0 bridgehead atoms. The van der Waals surface area contributed by atoms with Crippen molar-refractivity contribution in [1.29, 1.82) is 0 Å². The Labute approximate surface area is 114 Å². The van der Waals surface area contributed by atoms with Crippen LogP contribution >= 0.6 is 0 Å². The highest BCUT2D eigenvalue weighted by Crippen LogP contribution is 2.33. The van der Waals surface area contributed by atoms with Gasteiger partial charge in [0.1, 0.15) is 5.78 Å². The zero-order valence-corrected chi connectivity index (χ0v) is 12.7. The standard InChI is InChI=1S/C17H32O/c1-4-5-8-15-10-12-16(13-11-15)17(18)9-6-7-14(2)3/h14-16H,4-13H2,1-3H3. The van der Waals surface area contributed by atoms with Gasteiger partial charge in [-0.05, 0) is 43.9 Å². The van der Waals surface area contributed by atoms with E-state index in [0.29, 0.717) is 11.7 Å². The van der Waals surface area contributed by atoms with E-state index >= 15 is 0 Å². The van der Waals surface area contributed by atoms with E-state index in [-0.39, 0.29) is 0 Å². The SMILES string of the molecule is CCCCC1CCC(C(=O)CCCC(C)C)CC1. The van der Waals surface area contributed by atoms with Crippen LogP contribution in [-0.4, -0.2) is 5.78 Å². The number of Topliss-reactive ketones (excluding diaryl/α,β-unsaturated/α-hetero) is 1. The van der Waals surface area contributed by atoms with Crippen molar-refractivity contribution in [2.24, 2.45) is 17.8 Å². The molecular weight excluding hydrogens is 220 g/mol. The van der Waals surface area contributed by atoms with Crippen molar-refractivity contribution in [3.8, 4) is 0 Å². The van der Waals surface area contributed by atoms with Crippen LogP contribution in [0.15, 0.2) is 0 Å². The third-order valence-electron chi connectivity index (χ3n) is 4.47. The largest absolute Gasteiger partial charge is 0.299 e. The Morgan fingerprint density at radius 3 is 2.33 bits per heavy atom. The number of hydrogen-bond acceptors (Lipinski definition) is 1. The summed E-state index contributed by atoms with van der Waals surface area (Å²) < 4.78 is 0. The average Bonchev–Trinajstić information content (AvgIpc) is 2.36. The molecule has 0 heterocycles. The summed E-state index contributed by atoms with van der Waals surface area (Å²) in [6, 6.07) is 0. The van der Waals surface area contributed by atoms with Crippen LogP contribution in [0.5, 0.6) is 0 Å². The number of carbonyl (C=O) groups excluding carboxylic acids is 1. The Balaban J connectivity index is 2.15. The highest BCUT2D eigenvalue weighted by atomic mass is 16.1. The molecule has 0 aliphatic heterocycles. The van der Waals surface area contributed by atoms with Crippen LogP contribution in [0.1, 0.15) is 85.0 Å². The fourth-order valence-electron chi connectivity index (χ4n) is 3.15. The minimum absolute atomic E-state index is 0.412. The molecule has 106 valence electrons. The van der Waals surface area contributed by atoms with Gasteiger partial charge in [0.25, 0.3) is 0 Å². The highest BCUT2D eigenvalue weighted by Gasteiger charge is 2.25. The average molecular weight is 252 g/mol. The Bertz CT molecular complexity index is 224. The molecule has 0 saturated heterocycles. The van der Waals surface area contributed by atoms with Gasteiger partial charge in [-0.2, -0.15) is 0 Å². The van der Waals surface area contributed by atoms with Crippen LogP contribution < -0.4 is 0 Å². The lowest BCUT2D eigenvalue weighted by atomic mass is 9.77. The van der Waals surface area contributed by atoms with E-state index in [0.717, 1.165) is 24.7 Å². The van der Waals surface area contributed by atoms with E-state index in [1.165, 1.54) is 51.4 Å². The number of hydrogen-bond donors (Lipinski definition) is 0.